The lowest BCUT2D eigenvalue weighted by Crippen LogP contribution is -2.32. The first-order valence-corrected chi connectivity index (χ1v) is 10.6. The fourth-order valence-electron chi connectivity index (χ4n) is 3.74. The van der Waals surface area contributed by atoms with Gasteiger partial charge in [-0.2, -0.15) is 0 Å². The van der Waals surface area contributed by atoms with Gasteiger partial charge in [-0.3, -0.25) is 14.4 Å². The molecule has 0 unspecified atom stereocenters. The van der Waals surface area contributed by atoms with Crippen LogP contribution in [0.25, 0.3) is 0 Å². The van der Waals surface area contributed by atoms with Crippen molar-refractivity contribution in [1.29, 1.82) is 0 Å². The second-order valence-electron chi connectivity index (χ2n) is 7.68. The highest BCUT2D eigenvalue weighted by atomic mass is 35.5. The molecule has 0 saturated heterocycles. The summed E-state index contributed by atoms with van der Waals surface area (Å²) in [6.45, 7) is 1.50. The molecule has 0 atom stereocenters. The first kappa shape index (κ1) is 19.3. The molecule has 162 valence electrons. The SMILES string of the molecule is [2H]C1([2H])CCC(=O)c2cc(Cl)ccc2N1C(=O)c1ccc(NC(=O)c2ccccc2C)cc1C. The molecule has 0 fully saturated rings. The third-order valence-corrected chi connectivity index (χ3v) is 5.66. The lowest BCUT2D eigenvalue weighted by Gasteiger charge is -2.23. The van der Waals surface area contributed by atoms with Gasteiger partial charge >= 0.3 is 0 Å². The van der Waals surface area contributed by atoms with Crippen LogP contribution in [-0.4, -0.2) is 24.1 Å². The Kier molecular flexibility index (Phi) is 5.40. The van der Waals surface area contributed by atoms with Crippen LogP contribution in [0.3, 0.4) is 0 Å². The highest BCUT2D eigenvalue weighted by molar-refractivity contribution is 6.31. The van der Waals surface area contributed by atoms with Crippen LogP contribution in [0.4, 0.5) is 11.4 Å². The molecule has 2 amide bonds. The molecular weight excluding hydrogens is 424 g/mol. The van der Waals surface area contributed by atoms with Gasteiger partial charge in [0.25, 0.3) is 11.8 Å². The number of halogens is 1. The number of hydrogen-bond donors (Lipinski definition) is 1. The van der Waals surface area contributed by atoms with Gasteiger partial charge in [-0.05, 0) is 73.9 Å². The predicted molar refractivity (Wildman–Crippen MR) is 127 cm³/mol. The maximum Gasteiger partial charge on any atom is 0.258 e. The number of amides is 2. The average Bonchev–Trinajstić information content (AvgIpc) is 2.87. The van der Waals surface area contributed by atoms with E-state index in [4.69, 9.17) is 14.3 Å². The topological polar surface area (TPSA) is 66.5 Å². The third-order valence-electron chi connectivity index (χ3n) is 5.43. The molecule has 0 aliphatic carbocycles. The molecule has 0 radical (unpaired) electrons. The van der Waals surface area contributed by atoms with Crippen molar-refractivity contribution in [1.82, 2.24) is 0 Å². The summed E-state index contributed by atoms with van der Waals surface area (Å²) in [6.07, 6.45) is -0.166. The molecular formula is C26H23ClN2O3. The second-order valence-corrected chi connectivity index (χ2v) is 8.12. The zero-order chi connectivity index (χ0) is 24.6. The number of anilines is 2. The van der Waals surface area contributed by atoms with Crippen molar-refractivity contribution < 1.29 is 17.1 Å². The molecule has 32 heavy (non-hydrogen) atoms. The lowest BCUT2D eigenvalue weighted by molar-refractivity contribution is 0.0973. The van der Waals surface area contributed by atoms with Crippen molar-refractivity contribution in [3.05, 3.63) is 93.5 Å². The first-order valence-electron chi connectivity index (χ1n) is 11.2. The average molecular weight is 449 g/mol. The van der Waals surface area contributed by atoms with Crippen LogP contribution in [0.2, 0.25) is 5.02 Å². The van der Waals surface area contributed by atoms with Crippen molar-refractivity contribution in [3.63, 3.8) is 0 Å². The van der Waals surface area contributed by atoms with E-state index in [0.29, 0.717) is 21.8 Å². The minimum absolute atomic E-state index is 0.0347. The minimum atomic E-state index is -2.07. The monoisotopic (exact) mass is 448 g/mol. The Hall–Kier alpha value is -3.44. The summed E-state index contributed by atoms with van der Waals surface area (Å²) >= 11 is 6.06. The van der Waals surface area contributed by atoms with Crippen LogP contribution in [0.15, 0.2) is 60.7 Å². The molecule has 3 aromatic carbocycles. The van der Waals surface area contributed by atoms with Crippen LogP contribution < -0.4 is 10.2 Å². The number of nitrogens with zero attached hydrogens (tertiary/aromatic N) is 1. The Morgan fingerprint density at radius 1 is 1.00 bits per heavy atom. The van der Waals surface area contributed by atoms with E-state index in [9.17, 15) is 14.4 Å². The molecule has 1 N–H and O–H groups in total. The van der Waals surface area contributed by atoms with Gasteiger partial charge in [-0.15, -0.1) is 0 Å². The maximum atomic E-state index is 13.6. The molecule has 1 heterocycles. The molecule has 4 rings (SSSR count). The molecule has 6 heteroatoms. The number of carbonyl (C=O) groups is 3. The third kappa shape index (κ3) is 4.30. The quantitative estimate of drug-likeness (QED) is 0.548. The Morgan fingerprint density at radius 2 is 1.78 bits per heavy atom. The Balaban J connectivity index is 1.67. The summed E-state index contributed by atoms with van der Waals surface area (Å²) in [5.41, 5.74) is 3.17. The summed E-state index contributed by atoms with van der Waals surface area (Å²) in [5.74, 6) is -1.09. The van der Waals surface area contributed by atoms with Crippen LogP contribution >= 0.6 is 11.6 Å². The fraction of sp³-hybridized carbons (Fsp3) is 0.192. The van der Waals surface area contributed by atoms with Crippen molar-refractivity contribution in [2.24, 2.45) is 0 Å². The largest absolute Gasteiger partial charge is 0.322 e. The summed E-state index contributed by atoms with van der Waals surface area (Å²) < 4.78 is 17.1. The summed E-state index contributed by atoms with van der Waals surface area (Å²) in [4.78, 5) is 39.9. The van der Waals surface area contributed by atoms with Gasteiger partial charge in [-0.25, -0.2) is 0 Å². The number of hydrogen-bond acceptors (Lipinski definition) is 3. The van der Waals surface area contributed by atoms with E-state index in [2.05, 4.69) is 5.32 Å². The number of rotatable bonds is 3. The number of Topliss-reactive ketones (excluding diaryl/α,β-unsaturated/α-hetero) is 1. The number of nitrogens with one attached hydrogen (secondary N) is 1. The minimum Gasteiger partial charge on any atom is -0.322 e. The Bertz CT molecular complexity index is 1320. The van der Waals surface area contributed by atoms with E-state index < -0.39 is 12.4 Å². The van der Waals surface area contributed by atoms with Crippen molar-refractivity contribution >= 4 is 40.6 Å². The second kappa shape index (κ2) is 8.97. The first-order chi connectivity index (χ1) is 16.1. The number of carbonyl (C=O) groups excluding carboxylic acids is 3. The number of ketones is 1. The highest BCUT2D eigenvalue weighted by Crippen LogP contribution is 2.31. The predicted octanol–water partition coefficient (Wildman–Crippen LogP) is 5.83. The summed E-state index contributed by atoms with van der Waals surface area (Å²) in [5, 5.41) is 3.18. The number of benzene rings is 3. The molecule has 1 aliphatic heterocycles. The van der Waals surface area contributed by atoms with Gasteiger partial charge in [0, 0.05) is 43.1 Å². The van der Waals surface area contributed by atoms with Gasteiger partial charge in [0.15, 0.2) is 5.78 Å². The highest BCUT2D eigenvalue weighted by Gasteiger charge is 2.27. The van der Waals surface area contributed by atoms with E-state index in [1.165, 1.54) is 18.2 Å². The number of aryl methyl sites for hydroxylation is 2. The number of fused-ring (bicyclic) bond motifs is 1. The maximum absolute atomic E-state index is 13.6. The molecule has 5 nitrogen and oxygen atoms in total. The fourth-order valence-corrected chi connectivity index (χ4v) is 3.91. The molecule has 1 aliphatic rings. The van der Waals surface area contributed by atoms with E-state index >= 15 is 0 Å². The van der Waals surface area contributed by atoms with Gasteiger partial charge in [-0.1, -0.05) is 29.8 Å². The molecule has 0 saturated carbocycles. The zero-order valence-corrected chi connectivity index (χ0v) is 18.5. The Morgan fingerprint density at radius 3 is 2.53 bits per heavy atom. The van der Waals surface area contributed by atoms with Crippen molar-refractivity contribution in [3.8, 4) is 0 Å². The summed E-state index contributed by atoms with van der Waals surface area (Å²) in [7, 11) is 0. The van der Waals surface area contributed by atoms with Gasteiger partial charge < -0.3 is 10.2 Å². The lowest BCUT2D eigenvalue weighted by atomic mass is 10.0. The normalized spacial score (nSPS) is 15.8. The molecule has 3 aromatic rings. The van der Waals surface area contributed by atoms with Gasteiger partial charge in [0.1, 0.15) is 0 Å². The zero-order valence-electron chi connectivity index (χ0n) is 19.7. The molecule has 0 bridgehead atoms. The van der Waals surface area contributed by atoms with Crippen LogP contribution in [0, 0.1) is 13.8 Å². The van der Waals surface area contributed by atoms with E-state index in [1.807, 2.05) is 19.1 Å². The van der Waals surface area contributed by atoms with E-state index in [0.717, 1.165) is 10.5 Å². The molecule has 0 spiro atoms. The van der Waals surface area contributed by atoms with Crippen molar-refractivity contribution in [2.45, 2.75) is 26.7 Å². The van der Waals surface area contributed by atoms with Gasteiger partial charge in [0.2, 0.25) is 0 Å². The van der Waals surface area contributed by atoms with E-state index in [1.54, 1.807) is 37.3 Å². The van der Waals surface area contributed by atoms with Crippen LogP contribution in [0.5, 0.6) is 0 Å². The van der Waals surface area contributed by atoms with E-state index in [-0.39, 0.29) is 41.3 Å². The van der Waals surface area contributed by atoms with Crippen molar-refractivity contribution in [2.75, 3.05) is 16.7 Å². The summed E-state index contributed by atoms with van der Waals surface area (Å²) in [6, 6.07) is 16.6. The van der Waals surface area contributed by atoms with Gasteiger partial charge in [0.05, 0.1) is 5.69 Å². The smallest absolute Gasteiger partial charge is 0.258 e. The molecule has 0 aromatic heterocycles. The standard InChI is InChI=1S/C26H23ClN2O3/c1-16-6-3-4-7-20(16)25(31)28-19-10-11-21(17(2)14-19)26(32)29-13-5-8-24(30)22-15-18(27)9-12-23(22)29/h3-4,6-7,9-12,14-15H,5,8,13H2,1-2H3,(H,28,31)/i13D2. The van der Waals surface area contributed by atoms with Crippen LogP contribution in [-0.2, 0) is 0 Å². The Labute approximate surface area is 194 Å². The van der Waals surface area contributed by atoms with Crippen LogP contribution in [0.1, 0.15) is 57.8 Å².